The number of thioether (sulfide) groups is 1. The summed E-state index contributed by atoms with van der Waals surface area (Å²) in [6, 6.07) is 0.374. The molecule has 1 aliphatic carbocycles. The molecule has 24 heavy (non-hydrogen) atoms. The van der Waals surface area contributed by atoms with Crippen molar-refractivity contribution < 1.29 is 9.53 Å². The molecule has 1 aromatic rings. The molecule has 1 aromatic heterocycles. The average Bonchev–Trinajstić information content (AvgIpc) is 3.30. The maximum absolute atomic E-state index is 12.1. The Hall–Kier alpha value is -1.08. The first-order valence-corrected chi connectivity index (χ1v) is 10.2. The SMILES string of the molecule is CCCc1nnc(SCC(=O)NC2CCCC2)n1C[C@H]1CCCO1. The third-order valence-corrected chi connectivity index (χ3v) is 5.70. The minimum atomic E-state index is 0.107. The molecule has 0 bridgehead atoms. The van der Waals surface area contributed by atoms with E-state index in [2.05, 4.69) is 27.0 Å². The number of carbonyl (C=O) groups excluding carboxylic acids is 1. The van der Waals surface area contributed by atoms with Gasteiger partial charge in [-0.15, -0.1) is 10.2 Å². The number of carbonyl (C=O) groups is 1. The number of aromatic nitrogens is 3. The Bertz CT molecular complexity index is 537. The zero-order valence-electron chi connectivity index (χ0n) is 14.5. The van der Waals surface area contributed by atoms with E-state index in [4.69, 9.17) is 4.74 Å². The van der Waals surface area contributed by atoms with Gasteiger partial charge in [0.2, 0.25) is 5.91 Å². The Labute approximate surface area is 148 Å². The van der Waals surface area contributed by atoms with Crippen LogP contribution in [0.5, 0.6) is 0 Å². The van der Waals surface area contributed by atoms with Gasteiger partial charge in [-0.2, -0.15) is 0 Å². The molecule has 2 fully saturated rings. The van der Waals surface area contributed by atoms with Gasteiger partial charge in [0.05, 0.1) is 18.4 Å². The molecule has 1 aliphatic heterocycles. The lowest BCUT2D eigenvalue weighted by atomic mass is 10.2. The van der Waals surface area contributed by atoms with E-state index in [0.29, 0.717) is 11.8 Å². The summed E-state index contributed by atoms with van der Waals surface area (Å²) in [5.74, 6) is 1.52. The first kappa shape index (κ1) is 17.7. The first-order valence-electron chi connectivity index (χ1n) is 9.22. The summed E-state index contributed by atoms with van der Waals surface area (Å²) in [6.07, 6.45) is 9.12. The zero-order chi connectivity index (χ0) is 16.8. The molecule has 1 amide bonds. The van der Waals surface area contributed by atoms with Crippen molar-refractivity contribution in [3.8, 4) is 0 Å². The fourth-order valence-corrected chi connectivity index (χ4v) is 4.26. The molecule has 134 valence electrons. The van der Waals surface area contributed by atoms with E-state index < -0.39 is 0 Å². The second-order valence-corrected chi connectivity index (χ2v) is 7.67. The van der Waals surface area contributed by atoms with Gasteiger partial charge in [-0.05, 0) is 32.1 Å². The van der Waals surface area contributed by atoms with Gasteiger partial charge < -0.3 is 14.6 Å². The van der Waals surface area contributed by atoms with Gasteiger partial charge in [-0.3, -0.25) is 4.79 Å². The van der Waals surface area contributed by atoms with Crippen molar-refractivity contribution in [3.63, 3.8) is 0 Å². The van der Waals surface area contributed by atoms with Crippen molar-refractivity contribution in [1.29, 1.82) is 0 Å². The highest BCUT2D eigenvalue weighted by molar-refractivity contribution is 7.99. The number of rotatable bonds is 8. The van der Waals surface area contributed by atoms with Crippen molar-refractivity contribution in [3.05, 3.63) is 5.82 Å². The van der Waals surface area contributed by atoms with Crippen LogP contribution in [0.4, 0.5) is 0 Å². The molecule has 2 heterocycles. The summed E-state index contributed by atoms with van der Waals surface area (Å²) in [6.45, 7) is 3.80. The topological polar surface area (TPSA) is 69.0 Å². The maximum atomic E-state index is 12.1. The van der Waals surface area contributed by atoms with E-state index in [0.717, 1.165) is 62.7 Å². The van der Waals surface area contributed by atoms with E-state index >= 15 is 0 Å². The fraction of sp³-hybridized carbons (Fsp3) is 0.824. The smallest absolute Gasteiger partial charge is 0.230 e. The highest BCUT2D eigenvalue weighted by atomic mass is 32.2. The van der Waals surface area contributed by atoms with Gasteiger partial charge in [-0.25, -0.2) is 0 Å². The van der Waals surface area contributed by atoms with Crippen molar-refractivity contribution in [1.82, 2.24) is 20.1 Å². The van der Waals surface area contributed by atoms with Crippen molar-refractivity contribution in [2.45, 2.75) is 82.1 Å². The van der Waals surface area contributed by atoms with Crippen LogP contribution in [0, 0.1) is 0 Å². The second-order valence-electron chi connectivity index (χ2n) is 6.73. The fourth-order valence-electron chi connectivity index (χ4n) is 3.48. The summed E-state index contributed by atoms with van der Waals surface area (Å²) >= 11 is 1.49. The molecule has 0 spiro atoms. The number of nitrogens with zero attached hydrogens (tertiary/aromatic N) is 3. The lowest BCUT2D eigenvalue weighted by molar-refractivity contribution is -0.119. The van der Waals surface area contributed by atoms with Gasteiger partial charge in [0.15, 0.2) is 5.16 Å². The molecule has 1 N–H and O–H groups in total. The Morgan fingerprint density at radius 1 is 1.29 bits per heavy atom. The van der Waals surface area contributed by atoms with Crippen LogP contribution in [0.2, 0.25) is 0 Å². The van der Waals surface area contributed by atoms with Crippen molar-refractivity contribution in [2.24, 2.45) is 0 Å². The summed E-state index contributed by atoms with van der Waals surface area (Å²) in [5, 5.41) is 12.6. The largest absolute Gasteiger partial charge is 0.376 e. The molecule has 0 radical (unpaired) electrons. The van der Waals surface area contributed by atoms with Crippen LogP contribution >= 0.6 is 11.8 Å². The molecule has 1 saturated carbocycles. The lowest BCUT2D eigenvalue weighted by Crippen LogP contribution is -2.33. The molecule has 3 rings (SSSR count). The molecule has 0 unspecified atom stereocenters. The Balaban J connectivity index is 1.57. The third kappa shape index (κ3) is 4.72. The van der Waals surface area contributed by atoms with Crippen molar-refractivity contribution >= 4 is 17.7 Å². The van der Waals surface area contributed by atoms with Crippen LogP contribution in [0.3, 0.4) is 0 Å². The van der Waals surface area contributed by atoms with Gasteiger partial charge in [-0.1, -0.05) is 31.5 Å². The van der Waals surface area contributed by atoms with Gasteiger partial charge in [0.25, 0.3) is 0 Å². The summed E-state index contributed by atoms with van der Waals surface area (Å²) < 4.78 is 7.92. The summed E-state index contributed by atoms with van der Waals surface area (Å²) in [4.78, 5) is 12.1. The van der Waals surface area contributed by atoms with Crippen LogP contribution in [0.25, 0.3) is 0 Å². The number of aryl methyl sites for hydroxylation is 1. The number of ether oxygens (including phenoxy) is 1. The number of amides is 1. The highest BCUT2D eigenvalue weighted by Crippen LogP contribution is 2.22. The molecule has 1 atom stereocenters. The maximum Gasteiger partial charge on any atom is 0.230 e. The molecule has 2 aliphatic rings. The molecule has 6 nitrogen and oxygen atoms in total. The minimum Gasteiger partial charge on any atom is -0.376 e. The Morgan fingerprint density at radius 3 is 2.83 bits per heavy atom. The first-order chi connectivity index (χ1) is 11.8. The zero-order valence-corrected chi connectivity index (χ0v) is 15.3. The molecule has 1 saturated heterocycles. The third-order valence-electron chi connectivity index (χ3n) is 4.73. The normalized spacial score (nSPS) is 21.5. The monoisotopic (exact) mass is 352 g/mol. The number of nitrogens with one attached hydrogen (secondary N) is 1. The van der Waals surface area contributed by atoms with E-state index in [1.165, 1.54) is 24.6 Å². The van der Waals surface area contributed by atoms with Crippen LogP contribution in [-0.2, 0) is 22.5 Å². The summed E-state index contributed by atoms with van der Waals surface area (Å²) in [5.41, 5.74) is 0. The molecular formula is C17H28N4O2S. The molecule has 7 heteroatoms. The van der Waals surface area contributed by atoms with Crippen LogP contribution in [-0.4, -0.2) is 45.2 Å². The lowest BCUT2D eigenvalue weighted by Gasteiger charge is -2.15. The van der Waals surface area contributed by atoms with Gasteiger partial charge in [0.1, 0.15) is 5.82 Å². The molecule has 0 aromatic carbocycles. The van der Waals surface area contributed by atoms with Gasteiger partial charge >= 0.3 is 0 Å². The Kier molecular flexibility index (Phi) is 6.54. The summed E-state index contributed by atoms with van der Waals surface area (Å²) in [7, 11) is 0. The quantitative estimate of drug-likeness (QED) is 0.728. The number of hydrogen-bond donors (Lipinski definition) is 1. The van der Waals surface area contributed by atoms with Crippen molar-refractivity contribution in [2.75, 3.05) is 12.4 Å². The predicted molar refractivity (Wildman–Crippen MR) is 94.1 cm³/mol. The van der Waals surface area contributed by atoms with E-state index in [9.17, 15) is 4.79 Å². The Morgan fingerprint density at radius 2 is 2.12 bits per heavy atom. The standard InChI is InChI=1S/C17H28N4O2S/c1-2-6-15-19-20-17(21(15)11-14-9-5-10-23-14)24-12-16(22)18-13-7-3-4-8-13/h13-14H,2-12H2,1H3,(H,18,22)/t14-/m1/s1. The van der Waals surface area contributed by atoms with Crippen LogP contribution in [0.15, 0.2) is 5.16 Å². The number of hydrogen-bond acceptors (Lipinski definition) is 5. The van der Waals surface area contributed by atoms with Crippen LogP contribution in [0.1, 0.15) is 57.7 Å². The average molecular weight is 353 g/mol. The minimum absolute atomic E-state index is 0.107. The highest BCUT2D eigenvalue weighted by Gasteiger charge is 2.22. The second kappa shape index (κ2) is 8.85. The predicted octanol–water partition coefficient (Wildman–Crippen LogP) is 2.56. The van der Waals surface area contributed by atoms with Gasteiger partial charge in [0, 0.05) is 19.1 Å². The molecular weight excluding hydrogens is 324 g/mol. The van der Waals surface area contributed by atoms with E-state index in [1.54, 1.807) is 0 Å². The van der Waals surface area contributed by atoms with E-state index in [-0.39, 0.29) is 12.0 Å². The van der Waals surface area contributed by atoms with Crippen LogP contribution < -0.4 is 5.32 Å². The van der Waals surface area contributed by atoms with E-state index in [1.807, 2.05) is 0 Å².